The second-order valence-electron chi connectivity index (χ2n) is 7.39. The van der Waals surface area contributed by atoms with Crippen molar-refractivity contribution < 1.29 is 32.2 Å². The number of hydrogen-bond acceptors (Lipinski definition) is 5. The van der Waals surface area contributed by atoms with Gasteiger partial charge in [-0.1, -0.05) is 60.7 Å². The standard InChI is InChI=1S/C26H19F3N2O4/c1-34-24(32)21-22(30-31(23(21)25(33)35-2)16-10-4-3-5-11-16)19-14-7-6-12-17(19)18-13-8-9-15-20(18)26(27,28)29/h3-15H,1-2H3. The van der Waals surface area contributed by atoms with Crippen LogP contribution in [0.15, 0.2) is 78.9 Å². The summed E-state index contributed by atoms with van der Waals surface area (Å²) in [6.07, 6.45) is -4.62. The van der Waals surface area contributed by atoms with Gasteiger partial charge in [0.25, 0.3) is 0 Å². The van der Waals surface area contributed by atoms with Crippen molar-refractivity contribution in [1.29, 1.82) is 0 Å². The minimum atomic E-state index is -4.62. The van der Waals surface area contributed by atoms with E-state index >= 15 is 0 Å². The van der Waals surface area contributed by atoms with Gasteiger partial charge in [0, 0.05) is 5.56 Å². The lowest BCUT2D eigenvalue weighted by Gasteiger charge is -2.15. The molecule has 0 radical (unpaired) electrons. The molecule has 0 aliphatic heterocycles. The molecule has 1 aromatic heterocycles. The van der Waals surface area contributed by atoms with E-state index in [1.807, 2.05) is 0 Å². The zero-order chi connectivity index (χ0) is 25.2. The number of alkyl halides is 3. The third-order valence-corrected chi connectivity index (χ3v) is 5.36. The molecular weight excluding hydrogens is 461 g/mol. The van der Waals surface area contributed by atoms with E-state index in [1.54, 1.807) is 42.5 Å². The number of methoxy groups -OCH3 is 2. The van der Waals surface area contributed by atoms with Crippen LogP contribution in [0.2, 0.25) is 0 Å². The smallest absolute Gasteiger partial charge is 0.417 e. The van der Waals surface area contributed by atoms with Crippen LogP contribution in [-0.2, 0) is 15.7 Å². The summed E-state index contributed by atoms with van der Waals surface area (Å²) >= 11 is 0. The molecule has 0 atom stereocenters. The van der Waals surface area contributed by atoms with Gasteiger partial charge in [0.2, 0.25) is 0 Å². The van der Waals surface area contributed by atoms with Crippen LogP contribution in [-0.4, -0.2) is 35.9 Å². The first kappa shape index (κ1) is 23.7. The van der Waals surface area contributed by atoms with Crippen molar-refractivity contribution in [2.24, 2.45) is 0 Å². The molecule has 0 aliphatic rings. The Morgan fingerprint density at radius 3 is 1.89 bits per heavy atom. The van der Waals surface area contributed by atoms with Crippen LogP contribution >= 0.6 is 0 Å². The van der Waals surface area contributed by atoms with Crippen molar-refractivity contribution >= 4 is 11.9 Å². The van der Waals surface area contributed by atoms with Crippen LogP contribution in [0.3, 0.4) is 0 Å². The molecule has 1 heterocycles. The molecule has 0 N–H and O–H groups in total. The fourth-order valence-corrected chi connectivity index (χ4v) is 3.83. The molecule has 178 valence electrons. The fraction of sp³-hybridized carbons (Fsp3) is 0.115. The van der Waals surface area contributed by atoms with Gasteiger partial charge in [0.05, 0.1) is 25.5 Å². The zero-order valence-corrected chi connectivity index (χ0v) is 18.7. The summed E-state index contributed by atoms with van der Waals surface area (Å²) in [5.41, 5.74) is -0.557. The molecule has 4 aromatic rings. The third-order valence-electron chi connectivity index (χ3n) is 5.36. The topological polar surface area (TPSA) is 70.4 Å². The summed E-state index contributed by atoms with van der Waals surface area (Å²) in [7, 11) is 2.29. The van der Waals surface area contributed by atoms with Gasteiger partial charge in [-0.05, 0) is 29.3 Å². The number of esters is 2. The molecule has 0 bridgehead atoms. The lowest BCUT2D eigenvalue weighted by Crippen LogP contribution is -2.15. The Balaban J connectivity index is 2.08. The van der Waals surface area contributed by atoms with Gasteiger partial charge >= 0.3 is 18.1 Å². The minimum absolute atomic E-state index is 0.0197. The average molecular weight is 480 g/mol. The van der Waals surface area contributed by atoms with Crippen molar-refractivity contribution in [1.82, 2.24) is 9.78 Å². The molecule has 3 aromatic carbocycles. The van der Waals surface area contributed by atoms with Crippen LogP contribution in [0.1, 0.15) is 26.4 Å². The summed E-state index contributed by atoms with van der Waals surface area (Å²) < 4.78 is 52.5. The first-order valence-electron chi connectivity index (χ1n) is 10.4. The number of hydrogen-bond donors (Lipinski definition) is 0. The molecule has 0 fully saturated rings. The second-order valence-corrected chi connectivity index (χ2v) is 7.39. The highest BCUT2D eigenvalue weighted by Crippen LogP contribution is 2.41. The van der Waals surface area contributed by atoms with Crippen molar-refractivity contribution in [3.8, 4) is 28.1 Å². The van der Waals surface area contributed by atoms with Crippen LogP contribution in [0.25, 0.3) is 28.1 Å². The number of carbonyl (C=O) groups is 2. The van der Waals surface area contributed by atoms with E-state index in [9.17, 15) is 22.8 Å². The molecule has 4 rings (SSSR count). The van der Waals surface area contributed by atoms with E-state index in [-0.39, 0.29) is 33.6 Å². The molecule has 0 amide bonds. The van der Waals surface area contributed by atoms with Crippen LogP contribution < -0.4 is 0 Å². The number of halogens is 3. The fourth-order valence-electron chi connectivity index (χ4n) is 3.83. The Bertz CT molecular complexity index is 1400. The van der Waals surface area contributed by atoms with Crippen molar-refractivity contribution in [3.63, 3.8) is 0 Å². The molecule has 35 heavy (non-hydrogen) atoms. The van der Waals surface area contributed by atoms with E-state index in [1.165, 1.54) is 35.0 Å². The Labute approximate surface area is 198 Å². The van der Waals surface area contributed by atoms with E-state index in [4.69, 9.17) is 9.47 Å². The lowest BCUT2D eigenvalue weighted by molar-refractivity contribution is -0.137. The quantitative estimate of drug-likeness (QED) is 0.338. The molecule has 6 nitrogen and oxygen atoms in total. The maximum Gasteiger partial charge on any atom is 0.417 e. The van der Waals surface area contributed by atoms with Crippen LogP contribution in [0.5, 0.6) is 0 Å². The van der Waals surface area contributed by atoms with Crippen LogP contribution in [0, 0.1) is 0 Å². The minimum Gasteiger partial charge on any atom is -0.465 e. The van der Waals surface area contributed by atoms with Crippen molar-refractivity contribution in [3.05, 3.63) is 95.7 Å². The summed E-state index contributed by atoms with van der Waals surface area (Å²) in [6.45, 7) is 0. The predicted molar refractivity (Wildman–Crippen MR) is 122 cm³/mol. The Hall–Kier alpha value is -4.40. The van der Waals surface area contributed by atoms with Gasteiger partial charge in [-0.2, -0.15) is 18.3 Å². The predicted octanol–water partition coefficient (Wildman–Crippen LogP) is 5.80. The number of rotatable bonds is 5. The number of para-hydroxylation sites is 1. The molecule has 9 heteroatoms. The lowest BCUT2D eigenvalue weighted by atomic mass is 9.92. The number of nitrogens with zero attached hydrogens (tertiary/aromatic N) is 2. The van der Waals surface area contributed by atoms with Gasteiger partial charge in [-0.15, -0.1) is 0 Å². The molecule has 0 unspecified atom stereocenters. The molecular formula is C26H19F3N2O4. The Kier molecular flexibility index (Phi) is 6.42. The van der Waals surface area contributed by atoms with E-state index < -0.39 is 23.7 Å². The summed E-state index contributed by atoms with van der Waals surface area (Å²) in [4.78, 5) is 25.7. The van der Waals surface area contributed by atoms with Gasteiger partial charge in [0.1, 0.15) is 11.3 Å². The van der Waals surface area contributed by atoms with E-state index in [2.05, 4.69) is 5.10 Å². The number of aromatic nitrogens is 2. The Morgan fingerprint density at radius 2 is 1.29 bits per heavy atom. The average Bonchev–Trinajstić information content (AvgIpc) is 3.28. The monoisotopic (exact) mass is 480 g/mol. The first-order chi connectivity index (χ1) is 16.8. The highest BCUT2D eigenvalue weighted by molar-refractivity contribution is 6.08. The highest BCUT2D eigenvalue weighted by Gasteiger charge is 2.36. The molecule has 0 saturated heterocycles. The Morgan fingerprint density at radius 1 is 0.743 bits per heavy atom. The van der Waals surface area contributed by atoms with Crippen molar-refractivity contribution in [2.75, 3.05) is 14.2 Å². The number of benzene rings is 3. The van der Waals surface area contributed by atoms with Gasteiger partial charge in [0.15, 0.2) is 5.69 Å². The SMILES string of the molecule is COC(=O)c1c(-c2ccccc2-c2ccccc2C(F)(F)F)nn(-c2ccccc2)c1C(=O)OC. The second kappa shape index (κ2) is 9.46. The number of carbonyl (C=O) groups excluding carboxylic acids is 2. The summed E-state index contributed by atoms with van der Waals surface area (Å²) in [5.74, 6) is -1.75. The van der Waals surface area contributed by atoms with Gasteiger partial charge in [-0.3, -0.25) is 0 Å². The zero-order valence-electron chi connectivity index (χ0n) is 18.7. The van der Waals surface area contributed by atoms with E-state index in [0.717, 1.165) is 20.3 Å². The number of ether oxygens (including phenoxy) is 2. The molecule has 0 spiro atoms. The summed E-state index contributed by atoms with van der Waals surface area (Å²) in [5, 5.41) is 4.50. The van der Waals surface area contributed by atoms with E-state index in [0.29, 0.717) is 5.69 Å². The molecule has 0 saturated carbocycles. The third kappa shape index (κ3) is 4.40. The largest absolute Gasteiger partial charge is 0.465 e. The van der Waals surface area contributed by atoms with Crippen molar-refractivity contribution in [2.45, 2.75) is 6.18 Å². The molecule has 0 aliphatic carbocycles. The van der Waals surface area contributed by atoms with Gasteiger partial charge < -0.3 is 9.47 Å². The summed E-state index contributed by atoms with van der Waals surface area (Å²) in [6, 6.07) is 19.8. The first-order valence-corrected chi connectivity index (χ1v) is 10.4. The van der Waals surface area contributed by atoms with Crippen LogP contribution in [0.4, 0.5) is 13.2 Å². The normalized spacial score (nSPS) is 11.2. The maximum atomic E-state index is 13.8. The maximum absolute atomic E-state index is 13.8. The highest BCUT2D eigenvalue weighted by atomic mass is 19.4. The van der Waals surface area contributed by atoms with Gasteiger partial charge in [-0.25, -0.2) is 14.3 Å².